The summed E-state index contributed by atoms with van der Waals surface area (Å²) >= 11 is 0. The predicted octanol–water partition coefficient (Wildman–Crippen LogP) is 1.89. The number of amides is 1. The Labute approximate surface area is 124 Å². The second-order valence-electron chi connectivity index (χ2n) is 5.49. The Morgan fingerprint density at radius 1 is 1.33 bits per heavy atom. The standard InChI is InChI=1S/C15H22FN3O2/c1-9(2)13(14(17)19-21)15(20)18-10(3)8-11-4-6-12(16)7-5-11/h4-7,9-10,13,21H,8H2,1-3H3,(H2,17,19)(H,18,20). The van der Waals surface area contributed by atoms with Crippen LogP contribution in [0.5, 0.6) is 0 Å². The second-order valence-corrected chi connectivity index (χ2v) is 5.49. The highest BCUT2D eigenvalue weighted by Crippen LogP contribution is 2.12. The van der Waals surface area contributed by atoms with Crippen molar-refractivity contribution in [1.82, 2.24) is 5.32 Å². The molecule has 0 aliphatic heterocycles. The summed E-state index contributed by atoms with van der Waals surface area (Å²) in [5.74, 6) is -1.43. The van der Waals surface area contributed by atoms with Gasteiger partial charge in [0.2, 0.25) is 5.91 Å². The van der Waals surface area contributed by atoms with E-state index in [1.807, 2.05) is 20.8 Å². The maximum atomic E-state index is 12.8. The molecule has 2 unspecified atom stereocenters. The van der Waals surface area contributed by atoms with Gasteiger partial charge in [0.15, 0.2) is 5.84 Å². The number of halogens is 1. The summed E-state index contributed by atoms with van der Waals surface area (Å²) in [5.41, 5.74) is 6.49. The number of nitrogens with one attached hydrogen (secondary N) is 1. The molecular weight excluding hydrogens is 273 g/mol. The number of benzene rings is 1. The number of oxime groups is 1. The summed E-state index contributed by atoms with van der Waals surface area (Å²) in [5, 5.41) is 14.5. The molecule has 116 valence electrons. The van der Waals surface area contributed by atoms with E-state index in [9.17, 15) is 9.18 Å². The van der Waals surface area contributed by atoms with Crippen LogP contribution in [0, 0.1) is 17.7 Å². The Morgan fingerprint density at radius 3 is 2.38 bits per heavy atom. The molecule has 0 heterocycles. The number of carbonyl (C=O) groups excluding carboxylic acids is 1. The average Bonchev–Trinajstić information content (AvgIpc) is 2.40. The number of nitrogens with two attached hydrogens (primary N) is 1. The molecule has 0 aliphatic carbocycles. The van der Waals surface area contributed by atoms with Crippen LogP contribution in [0.4, 0.5) is 4.39 Å². The van der Waals surface area contributed by atoms with Crippen LogP contribution in [0.1, 0.15) is 26.3 Å². The quantitative estimate of drug-likeness (QED) is 0.324. The largest absolute Gasteiger partial charge is 0.409 e. The van der Waals surface area contributed by atoms with E-state index >= 15 is 0 Å². The third-order valence-electron chi connectivity index (χ3n) is 3.23. The van der Waals surface area contributed by atoms with Crippen LogP contribution in [-0.2, 0) is 11.2 Å². The molecule has 21 heavy (non-hydrogen) atoms. The van der Waals surface area contributed by atoms with Gasteiger partial charge in [-0.3, -0.25) is 4.79 Å². The summed E-state index contributed by atoms with van der Waals surface area (Å²) in [7, 11) is 0. The molecule has 1 amide bonds. The van der Waals surface area contributed by atoms with Crippen molar-refractivity contribution in [2.45, 2.75) is 33.2 Å². The number of amidine groups is 1. The van der Waals surface area contributed by atoms with E-state index in [4.69, 9.17) is 10.9 Å². The third kappa shape index (κ3) is 5.06. The van der Waals surface area contributed by atoms with Crippen molar-refractivity contribution in [3.63, 3.8) is 0 Å². The van der Waals surface area contributed by atoms with E-state index < -0.39 is 5.92 Å². The van der Waals surface area contributed by atoms with Gasteiger partial charge in [-0.05, 0) is 37.0 Å². The molecule has 1 aromatic carbocycles. The number of hydrogen-bond acceptors (Lipinski definition) is 3. The molecule has 5 nitrogen and oxygen atoms in total. The lowest BCUT2D eigenvalue weighted by molar-refractivity contribution is -0.124. The minimum Gasteiger partial charge on any atom is -0.409 e. The van der Waals surface area contributed by atoms with Gasteiger partial charge in [-0.1, -0.05) is 31.1 Å². The summed E-state index contributed by atoms with van der Waals surface area (Å²) in [6, 6.07) is 5.99. The fraction of sp³-hybridized carbons (Fsp3) is 0.467. The predicted molar refractivity (Wildman–Crippen MR) is 79.4 cm³/mol. The second kappa shape index (κ2) is 7.61. The van der Waals surface area contributed by atoms with E-state index in [1.165, 1.54) is 12.1 Å². The Kier molecular flexibility index (Phi) is 6.14. The molecule has 0 fully saturated rings. The van der Waals surface area contributed by atoms with E-state index in [0.29, 0.717) is 6.42 Å². The molecule has 0 aliphatic rings. The van der Waals surface area contributed by atoms with Gasteiger partial charge in [-0.15, -0.1) is 0 Å². The summed E-state index contributed by atoms with van der Waals surface area (Å²) in [6.45, 7) is 5.50. The van der Waals surface area contributed by atoms with Crippen LogP contribution in [0.25, 0.3) is 0 Å². The van der Waals surface area contributed by atoms with Crippen molar-refractivity contribution < 1.29 is 14.4 Å². The van der Waals surface area contributed by atoms with Crippen molar-refractivity contribution in [3.05, 3.63) is 35.6 Å². The van der Waals surface area contributed by atoms with Gasteiger partial charge in [0, 0.05) is 6.04 Å². The summed E-state index contributed by atoms with van der Waals surface area (Å²) in [6.07, 6.45) is 0.576. The lowest BCUT2D eigenvalue weighted by Crippen LogP contribution is -2.45. The van der Waals surface area contributed by atoms with Gasteiger partial charge >= 0.3 is 0 Å². The zero-order chi connectivity index (χ0) is 16.0. The summed E-state index contributed by atoms with van der Waals surface area (Å²) < 4.78 is 12.8. The molecule has 0 radical (unpaired) electrons. The minimum atomic E-state index is -0.675. The van der Waals surface area contributed by atoms with Crippen LogP contribution in [0.3, 0.4) is 0 Å². The topological polar surface area (TPSA) is 87.7 Å². The van der Waals surface area contributed by atoms with E-state index in [2.05, 4.69) is 10.5 Å². The Balaban J connectivity index is 2.66. The molecule has 0 spiro atoms. The van der Waals surface area contributed by atoms with Gasteiger partial charge in [-0.25, -0.2) is 4.39 Å². The van der Waals surface area contributed by atoms with Crippen molar-refractivity contribution in [2.24, 2.45) is 22.7 Å². The first kappa shape index (κ1) is 16.9. The molecule has 0 bridgehead atoms. The fourth-order valence-corrected chi connectivity index (χ4v) is 2.20. The van der Waals surface area contributed by atoms with Gasteiger partial charge in [0.25, 0.3) is 0 Å². The Morgan fingerprint density at radius 2 is 1.90 bits per heavy atom. The molecule has 0 saturated heterocycles. The van der Waals surface area contributed by atoms with Crippen LogP contribution in [-0.4, -0.2) is 23.0 Å². The van der Waals surface area contributed by atoms with Crippen LogP contribution in [0.2, 0.25) is 0 Å². The zero-order valence-electron chi connectivity index (χ0n) is 12.5. The van der Waals surface area contributed by atoms with E-state index in [-0.39, 0.29) is 29.5 Å². The van der Waals surface area contributed by atoms with Gasteiger partial charge in [0.05, 0.1) is 0 Å². The molecule has 6 heteroatoms. The normalized spacial score (nSPS) is 14.8. The first-order valence-corrected chi connectivity index (χ1v) is 6.87. The number of rotatable bonds is 6. The van der Waals surface area contributed by atoms with Crippen molar-refractivity contribution in [3.8, 4) is 0 Å². The maximum Gasteiger partial charge on any atom is 0.231 e. The van der Waals surface area contributed by atoms with Crippen molar-refractivity contribution in [2.75, 3.05) is 0 Å². The zero-order valence-corrected chi connectivity index (χ0v) is 12.5. The lowest BCUT2D eigenvalue weighted by atomic mass is 9.93. The monoisotopic (exact) mass is 295 g/mol. The van der Waals surface area contributed by atoms with Crippen molar-refractivity contribution in [1.29, 1.82) is 0 Å². The first-order chi connectivity index (χ1) is 9.85. The first-order valence-electron chi connectivity index (χ1n) is 6.87. The average molecular weight is 295 g/mol. The molecule has 0 aromatic heterocycles. The Bertz CT molecular complexity index is 500. The lowest BCUT2D eigenvalue weighted by Gasteiger charge is -2.22. The number of hydrogen-bond donors (Lipinski definition) is 3. The molecule has 4 N–H and O–H groups in total. The molecular formula is C15H22FN3O2. The number of carbonyl (C=O) groups is 1. The maximum absolute atomic E-state index is 12.8. The van der Waals surface area contributed by atoms with Gasteiger partial charge < -0.3 is 16.3 Å². The highest BCUT2D eigenvalue weighted by Gasteiger charge is 2.27. The molecule has 1 aromatic rings. The minimum absolute atomic E-state index is 0.0843. The fourth-order valence-electron chi connectivity index (χ4n) is 2.20. The molecule has 0 saturated carbocycles. The van der Waals surface area contributed by atoms with Crippen LogP contribution < -0.4 is 11.1 Å². The molecule has 2 atom stereocenters. The summed E-state index contributed by atoms with van der Waals surface area (Å²) in [4.78, 5) is 12.2. The number of nitrogens with zero attached hydrogens (tertiary/aromatic N) is 1. The highest BCUT2D eigenvalue weighted by molar-refractivity contribution is 6.02. The van der Waals surface area contributed by atoms with Crippen LogP contribution >= 0.6 is 0 Å². The SMILES string of the molecule is CC(Cc1ccc(F)cc1)NC(=O)C(C(N)=NO)C(C)C. The Hall–Kier alpha value is -2.11. The van der Waals surface area contributed by atoms with Crippen LogP contribution in [0.15, 0.2) is 29.4 Å². The third-order valence-corrected chi connectivity index (χ3v) is 3.23. The van der Waals surface area contributed by atoms with E-state index in [1.54, 1.807) is 12.1 Å². The van der Waals surface area contributed by atoms with Gasteiger partial charge in [-0.2, -0.15) is 0 Å². The van der Waals surface area contributed by atoms with Crippen molar-refractivity contribution >= 4 is 11.7 Å². The smallest absolute Gasteiger partial charge is 0.231 e. The molecule has 1 rings (SSSR count). The van der Waals surface area contributed by atoms with E-state index in [0.717, 1.165) is 5.56 Å². The van der Waals surface area contributed by atoms with Gasteiger partial charge in [0.1, 0.15) is 11.7 Å². The highest BCUT2D eigenvalue weighted by atomic mass is 19.1.